The van der Waals surface area contributed by atoms with Crippen molar-refractivity contribution < 1.29 is 43.9 Å². The fourth-order valence-electron chi connectivity index (χ4n) is 8.13. The number of esters is 1. The Hall–Kier alpha value is -4.37. The lowest BCUT2D eigenvalue weighted by Crippen LogP contribution is -2.63. The number of hydrogen-bond acceptors (Lipinski definition) is 12. The Labute approximate surface area is 341 Å². The van der Waals surface area contributed by atoms with Crippen molar-refractivity contribution in [3.05, 3.63) is 84.6 Å². The van der Waals surface area contributed by atoms with Crippen LogP contribution in [0.15, 0.2) is 84.6 Å². The van der Waals surface area contributed by atoms with E-state index in [1.807, 2.05) is 68.6 Å². The number of aromatic nitrogens is 3. The number of aldehydes is 1. The maximum absolute atomic E-state index is 13.7. The molecule has 1 aromatic heterocycles. The van der Waals surface area contributed by atoms with Crippen LogP contribution in [0.3, 0.4) is 0 Å². The van der Waals surface area contributed by atoms with Crippen LogP contribution in [0.5, 0.6) is 0 Å². The third-order valence-electron chi connectivity index (χ3n) is 11.6. The molecule has 13 nitrogen and oxygen atoms in total. The minimum Gasteiger partial charge on any atom is -0.462 e. The van der Waals surface area contributed by atoms with Crippen LogP contribution in [-0.2, 0) is 35.1 Å². The summed E-state index contributed by atoms with van der Waals surface area (Å²) < 4.78 is 20.2. The third-order valence-corrected chi connectivity index (χ3v) is 11.6. The molecule has 3 heterocycles. The van der Waals surface area contributed by atoms with Crippen molar-refractivity contribution >= 4 is 18.0 Å². The number of cyclic esters (lactones) is 1. The Bertz CT molecular complexity index is 1860. The lowest BCUT2D eigenvalue weighted by atomic mass is 9.79. The molecule has 0 amide bonds. The molecule has 1 fully saturated rings. The zero-order valence-corrected chi connectivity index (χ0v) is 34.6. The number of aliphatic hydroxyl groups excluding tert-OH is 3. The zero-order valence-electron chi connectivity index (χ0n) is 34.6. The first-order valence-corrected chi connectivity index (χ1v) is 20.3. The molecule has 2 aromatic carbocycles. The molecule has 0 aliphatic carbocycles. The Morgan fingerprint density at radius 1 is 0.948 bits per heavy atom. The van der Waals surface area contributed by atoms with Crippen LogP contribution in [0.25, 0.3) is 22.4 Å². The van der Waals surface area contributed by atoms with Crippen molar-refractivity contribution in [2.45, 2.75) is 116 Å². The predicted molar refractivity (Wildman–Crippen MR) is 219 cm³/mol. The summed E-state index contributed by atoms with van der Waals surface area (Å²) in [5.74, 6) is -3.04. The number of carbonyl (C=O) groups is 3. The molecule has 3 aromatic rings. The Morgan fingerprint density at radius 2 is 1.62 bits per heavy atom. The number of carbonyl (C=O) groups excluding carboxylic acids is 3. The van der Waals surface area contributed by atoms with E-state index in [0.717, 1.165) is 28.5 Å². The highest BCUT2D eigenvalue weighted by atomic mass is 16.7. The van der Waals surface area contributed by atoms with Gasteiger partial charge in [-0.2, -0.15) is 0 Å². The second-order valence-electron chi connectivity index (χ2n) is 16.2. The average Bonchev–Trinajstić information content (AvgIpc) is 3.67. The number of aliphatic hydroxyl groups is 3. The molecule has 2 aliphatic rings. The van der Waals surface area contributed by atoms with Crippen LogP contribution in [0, 0.1) is 23.7 Å². The number of rotatable bonds is 10. The first kappa shape index (κ1) is 44.7. The van der Waals surface area contributed by atoms with Gasteiger partial charge in [0.2, 0.25) is 0 Å². The van der Waals surface area contributed by atoms with E-state index < -0.39 is 72.7 Å². The molecule has 0 saturated carbocycles. The van der Waals surface area contributed by atoms with E-state index in [2.05, 4.69) is 22.4 Å². The molecule has 13 heteroatoms. The summed E-state index contributed by atoms with van der Waals surface area (Å²) in [5, 5.41) is 42.6. The Morgan fingerprint density at radius 3 is 2.28 bits per heavy atom. The van der Waals surface area contributed by atoms with Crippen molar-refractivity contribution in [1.82, 2.24) is 19.9 Å². The highest BCUT2D eigenvalue weighted by molar-refractivity contribution is 5.91. The summed E-state index contributed by atoms with van der Waals surface area (Å²) in [6, 6.07) is 17.5. The van der Waals surface area contributed by atoms with Gasteiger partial charge in [-0.1, -0.05) is 98.3 Å². The normalized spacial score (nSPS) is 33.3. The maximum atomic E-state index is 13.7. The van der Waals surface area contributed by atoms with Crippen LogP contribution in [0.2, 0.25) is 0 Å². The van der Waals surface area contributed by atoms with E-state index in [1.54, 1.807) is 50.5 Å². The molecule has 3 unspecified atom stereocenters. The number of benzene rings is 2. The Kier molecular flexibility index (Phi) is 15.8. The first-order valence-electron chi connectivity index (χ1n) is 20.3. The summed E-state index contributed by atoms with van der Waals surface area (Å²) in [6.07, 6.45) is 1.06. The van der Waals surface area contributed by atoms with E-state index in [1.165, 1.54) is 6.08 Å². The number of likely N-dealkylation sites (N-methyl/N-ethyl adjacent to an activating group) is 1. The molecular formula is C45H60N4O9. The number of allylic oxidation sites excluding steroid dienone is 3. The quantitative estimate of drug-likeness (QED) is 0.185. The van der Waals surface area contributed by atoms with E-state index in [0.29, 0.717) is 18.7 Å². The van der Waals surface area contributed by atoms with Gasteiger partial charge in [0.05, 0.1) is 49.6 Å². The van der Waals surface area contributed by atoms with E-state index in [-0.39, 0.29) is 31.0 Å². The van der Waals surface area contributed by atoms with Crippen molar-refractivity contribution in [1.29, 1.82) is 0 Å². The number of ketones is 1. The SMILES string of the molecule is CC[C@H]1OC(=O)C[C@@H](O)[C@H](C)[C@@H](O[C@@H]2O[C@H](C)C(O)C(N(C)C)C2O)[C@@H](CC=O)C[C@@H](C)C(=O)/C=C/C(C)=C/[C@@H]1Cn1cc(-c2ccc(-c3ccccc3)cc2)nn1. The molecule has 2 aliphatic heterocycles. The largest absolute Gasteiger partial charge is 0.462 e. The topological polar surface area (TPSA) is 174 Å². The molecule has 58 heavy (non-hydrogen) atoms. The van der Waals surface area contributed by atoms with Crippen LogP contribution in [-0.4, -0.2) is 116 Å². The summed E-state index contributed by atoms with van der Waals surface area (Å²) in [4.78, 5) is 41.0. The van der Waals surface area contributed by atoms with Crippen molar-refractivity contribution in [2.75, 3.05) is 14.1 Å². The monoisotopic (exact) mass is 800 g/mol. The fourth-order valence-corrected chi connectivity index (χ4v) is 8.13. The number of nitrogens with zero attached hydrogens (tertiary/aromatic N) is 4. The Balaban J connectivity index is 1.41. The number of hydrogen-bond donors (Lipinski definition) is 3. The molecule has 0 bridgehead atoms. The minimum absolute atomic E-state index is 0.00682. The van der Waals surface area contributed by atoms with Gasteiger partial charge in [0.15, 0.2) is 12.1 Å². The van der Waals surface area contributed by atoms with Gasteiger partial charge in [0.1, 0.15) is 24.2 Å². The summed E-state index contributed by atoms with van der Waals surface area (Å²) in [6.45, 7) is 9.27. The van der Waals surface area contributed by atoms with E-state index in [9.17, 15) is 29.7 Å². The van der Waals surface area contributed by atoms with Crippen LogP contribution < -0.4 is 0 Å². The van der Waals surface area contributed by atoms with Crippen molar-refractivity contribution in [2.24, 2.45) is 23.7 Å². The summed E-state index contributed by atoms with van der Waals surface area (Å²) in [5.41, 5.74) is 4.57. The van der Waals surface area contributed by atoms with Crippen LogP contribution >= 0.6 is 0 Å². The van der Waals surface area contributed by atoms with E-state index in [4.69, 9.17) is 14.2 Å². The van der Waals surface area contributed by atoms with E-state index >= 15 is 0 Å². The second kappa shape index (κ2) is 20.5. The smallest absolute Gasteiger partial charge is 0.308 e. The van der Waals surface area contributed by atoms with Gasteiger partial charge in [0.25, 0.3) is 0 Å². The first-order chi connectivity index (χ1) is 27.7. The molecule has 12 atom stereocenters. The standard InChI is InChI=1S/C45H60N4O9/c1-8-39-35(25-49-26-36(46-47-49)33-17-15-32(16-18-33)31-12-10-9-11-13-31)22-27(2)14-19-37(51)28(3)23-34(20-21-50)44(29(4)38(52)24-40(53)57-39)58-45-43(55)41(48(6)7)42(54)30(5)56-45/h9-19,21-22,26,28-30,34-35,38-39,41-45,52,54-55H,8,20,23-25H2,1-7H3/b19-14+,27-22+/t28-,29+,30-,34+,35-,38-,39-,41?,42?,43?,44-,45+/m1/s1. The second-order valence-corrected chi connectivity index (χ2v) is 16.2. The number of ether oxygens (including phenoxy) is 3. The maximum Gasteiger partial charge on any atom is 0.308 e. The summed E-state index contributed by atoms with van der Waals surface area (Å²) >= 11 is 0. The van der Waals surface area contributed by atoms with Crippen LogP contribution in [0.4, 0.5) is 0 Å². The summed E-state index contributed by atoms with van der Waals surface area (Å²) in [7, 11) is 3.46. The van der Waals surface area contributed by atoms with Gasteiger partial charge >= 0.3 is 5.97 Å². The molecule has 1 saturated heterocycles. The van der Waals surface area contributed by atoms with Gasteiger partial charge in [0, 0.05) is 29.7 Å². The zero-order chi connectivity index (χ0) is 42.1. The average molecular weight is 801 g/mol. The van der Waals surface area contributed by atoms with Gasteiger partial charge in [-0.15, -0.1) is 5.10 Å². The van der Waals surface area contributed by atoms with Gasteiger partial charge < -0.3 is 39.2 Å². The third kappa shape index (κ3) is 11.2. The van der Waals surface area contributed by atoms with Gasteiger partial charge in [-0.25, -0.2) is 0 Å². The lowest BCUT2D eigenvalue weighted by molar-refractivity contribution is -0.304. The highest BCUT2D eigenvalue weighted by Crippen LogP contribution is 2.34. The van der Waals surface area contributed by atoms with Crippen LogP contribution in [0.1, 0.15) is 60.3 Å². The minimum atomic E-state index is -1.28. The fraction of sp³-hybridized carbons (Fsp3) is 0.533. The molecule has 314 valence electrons. The predicted octanol–water partition coefficient (Wildman–Crippen LogP) is 5.04. The molecule has 5 rings (SSSR count). The van der Waals surface area contributed by atoms with Crippen molar-refractivity contribution in [3.8, 4) is 22.4 Å². The van der Waals surface area contributed by atoms with Gasteiger partial charge in [-0.05, 0) is 63.9 Å². The lowest BCUT2D eigenvalue weighted by Gasteiger charge is -2.46. The molecule has 3 N–H and O–H groups in total. The molecule has 0 radical (unpaired) electrons. The highest BCUT2D eigenvalue weighted by Gasteiger charge is 2.47. The molecular weight excluding hydrogens is 741 g/mol. The van der Waals surface area contributed by atoms with Crippen molar-refractivity contribution in [3.63, 3.8) is 0 Å². The molecule has 0 spiro atoms. The van der Waals surface area contributed by atoms with Gasteiger partial charge in [-0.3, -0.25) is 14.3 Å².